The number of rotatable bonds is 4. The second kappa shape index (κ2) is 5.03. The predicted molar refractivity (Wildman–Crippen MR) is 45.9 cm³/mol. The molecule has 0 fully saturated rings. The van der Waals surface area contributed by atoms with Gasteiger partial charge in [0.2, 0.25) is 0 Å². The molecule has 0 atom stereocenters. The zero-order chi connectivity index (χ0) is 7.98. The second-order valence-electron chi connectivity index (χ2n) is 2.74. The van der Waals surface area contributed by atoms with Crippen molar-refractivity contribution in [2.24, 2.45) is 16.6 Å². The van der Waals surface area contributed by atoms with E-state index in [0.29, 0.717) is 11.8 Å². The van der Waals surface area contributed by atoms with Gasteiger partial charge in [-0.25, -0.2) is 4.99 Å². The molecule has 0 aromatic rings. The summed E-state index contributed by atoms with van der Waals surface area (Å²) in [5.41, 5.74) is 5.51. The molecule has 0 unspecified atom stereocenters. The fourth-order valence-electron chi connectivity index (χ4n) is 0.618. The van der Waals surface area contributed by atoms with Gasteiger partial charge in [0.25, 0.3) is 0 Å². The minimum Gasteiger partial charge on any atom is -0.387 e. The molecule has 0 heterocycles. The minimum absolute atomic E-state index is 0.684. The van der Waals surface area contributed by atoms with Gasteiger partial charge in [-0.1, -0.05) is 20.4 Å². The van der Waals surface area contributed by atoms with Gasteiger partial charge in [-0.15, -0.1) is 0 Å². The van der Waals surface area contributed by atoms with Crippen LogP contribution in [0.4, 0.5) is 0 Å². The highest BCUT2D eigenvalue weighted by molar-refractivity contribution is 5.80. The Morgan fingerprint density at radius 1 is 1.70 bits per heavy atom. The summed E-state index contributed by atoms with van der Waals surface area (Å²) in [4.78, 5) is 3.85. The van der Waals surface area contributed by atoms with E-state index in [1.165, 1.54) is 6.20 Å². The summed E-state index contributed by atoms with van der Waals surface area (Å²) in [7, 11) is 0. The Morgan fingerprint density at radius 3 is 2.70 bits per heavy atom. The largest absolute Gasteiger partial charge is 0.387 e. The lowest BCUT2D eigenvalue weighted by Crippen LogP contribution is -2.11. The highest BCUT2D eigenvalue weighted by atomic mass is 14.8. The molecule has 0 radical (unpaired) electrons. The van der Waals surface area contributed by atoms with Gasteiger partial charge in [-0.2, -0.15) is 0 Å². The molecule has 0 bridgehead atoms. The first-order valence-corrected chi connectivity index (χ1v) is 3.60. The van der Waals surface area contributed by atoms with Gasteiger partial charge in [-0.05, 0) is 12.3 Å². The first kappa shape index (κ1) is 9.21. The van der Waals surface area contributed by atoms with Gasteiger partial charge >= 0.3 is 0 Å². The Morgan fingerprint density at radius 2 is 2.30 bits per heavy atom. The third-order valence-corrected chi connectivity index (χ3v) is 1.23. The molecule has 58 valence electrons. The molecule has 0 spiro atoms. The van der Waals surface area contributed by atoms with Crippen LogP contribution in [0.3, 0.4) is 0 Å². The van der Waals surface area contributed by atoms with Gasteiger partial charge in [0.15, 0.2) is 0 Å². The Bertz CT molecular complexity index is 125. The van der Waals surface area contributed by atoms with Crippen LogP contribution in [0.2, 0.25) is 0 Å². The quantitative estimate of drug-likeness (QED) is 0.470. The molecule has 0 aliphatic heterocycles. The standard InChI is InChI=1S/C8H16N2/c1-4-10-8(9)6-5-7(2)3/h4,7H,1,5-6H2,2-3H3,(H2,9,10). The van der Waals surface area contributed by atoms with Crippen LogP contribution in [0.5, 0.6) is 0 Å². The summed E-state index contributed by atoms with van der Waals surface area (Å²) in [6, 6.07) is 0. The van der Waals surface area contributed by atoms with Crippen LogP contribution in [0, 0.1) is 5.92 Å². The van der Waals surface area contributed by atoms with Crippen LogP contribution in [0.25, 0.3) is 0 Å². The summed E-state index contributed by atoms with van der Waals surface area (Å²) in [6.45, 7) is 7.80. The van der Waals surface area contributed by atoms with Crippen molar-refractivity contribution in [3.63, 3.8) is 0 Å². The normalized spacial score (nSPS) is 12.1. The highest BCUT2D eigenvalue weighted by Crippen LogP contribution is 2.02. The molecule has 0 saturated heterocycles. The lowest BCUT2D eigenvalue weighted by Gasteiger charge is -2.01. The third-order valence-electron chi connectivity index (χ3n) is 1.23. The maximum atomic E-state index is 5.51. The molecule has 0 aliphatic carbocycles. The van der Waals surface area contributed by atoms with Crippen molar-refractivity contribution in [3.8, 4) is 0 Å². The first-order chi connectivity index (χ1) is 4.66. The number of hydrogen-bond acceptors (Lipinski definition) is 1. The highest BCUT2D eigenvalue weighted by Gasteiger charge is 1.95. The van der Waals surface area contributed by atoms with Gasteiger partial charge in [0.1, 0.15) is 0 Å². The predicted octanol–water partition coefficient (Wildman–Crippen LogP) is 1.92. The van der Waals surface area contributed by atoms with E-state index < -0.39 is 0 Å². The van der Waals surface area contributed by atoms with E-state index in [1.54, 1.807) is 0 Å². The molecule has 0 saturated carbocycles. The summed E-state index contributed by atoms with van der Waals surface area (Å²) < 4.78 is 0. The van der Waals surface area contributed by atoms with E-state index in [0.717, 1.165) is 12.8 Å². The number of aliphatic imine (C=N–C) groups is 1. The number of nitrogens with two attached hydrogens (primary N) is 1. The van der Waals surface area contributed by atoms with Crippen LogP contribution in [0.15, 0.2) is 17.8 Å². The summed E-state index contributed by atoms with van der Waals surface area (Å²) in [5, 5.41) is 0. The lowest BCUT2D eigenvalue weighted by molar-refractivity contribution is 0.602. The van der Waals surface area contributed by atoms with Crippen molar-refractivity contribution in [2.45, 2.75) is 26.7 Å². The van der Waals surface area contributed by atoms with Crippen LogP contribution >= 0.6 is 0 Å². The fraction of sp³-hybridized carbons (Fsp3) is 0.625. The van der Waals surface area contributed by atoms with Crippen molar-refractivity contribution in [2.75, 3.05) is 0 Å². The monoisotopic (exact) mass is 140 g/mol. The maximum absolute atomic E-state index is 5.51. The molecule has 2 N–H and O–H groups in total. The smallest absolute Gasteiger partial charge is 0.0988 e. The third kappa shape index (κ3) is 5.35. The summed E-state index contributed by atoms with van der Waals surface area (Å²) >= 11 is 0. The molecular formula is C8H16N2. The Kier molecular flexibility index (Phi) is 4.63. The molecular weight excluding hydrogens is 124 g/mol. The van der Waals surface area contributed by atoms with Crippen molar-refractivity contribution < 1.29 is 0 Å². The molecule has 0 aromatic carbocycles. The van der Waals surface area contributed by atoms with E-state index in [1.807, 2.05) is 0 Å². The first-order valence-electron chi connectivity index (χ1n) is 3.60. The summed E-state index contributed by atoms with van der Waals surface area (Å²) in [6.07, 6.45) is 3.46. The molecule has 10 heavy (non-hydrogen) atoms. The van der Waals surface area contributed by atoms with Crippen molar-refractivity contribution >= 4 is 5.84 Å². The topological polar surface area (TPSA) is 38.4 Å². The number of nitrogens with zero attached hydrogens (tertiary/aromatic N) is 1. The van der Waals surface area contributed by atoms with Crippen LogP contribution < -0.4 is 5.73 Å². The van der Waals surface area contributed by atoms with Crippen molar-refractivity contribution in [1.82, 2.24) is 0 Å². The minimum atomic E-state index is 0.684. The molecule has 0 aliphatic rings. The molecule has 2 heteroatoms. The Hall–Kier alpha value is -0.790. The molecule has 0 aromatic heterocycles. The molecule has 0 rings (SSSR count). The lowest BCUT2D eigenvalue weighted by atomic mass is 10.1. The van der Waals surface area contributed by atoms with Crippen molar-refractivity contribution in [1.29, 1.82) is 0 Å². The average Bonchev–Trinajstić information content (AvgIpc) is 1.85. The van der Waals surface area contributed by atoms with E-state index in [2.05, 4.69) is 25.4 Å². The molecule has 2 nitrogen and oxygen atoms in total. The average molecular weight is 140 g/mol. The van der Waals surface area contributed by atoms with Crippen molar-refractivity contribution in [3.05, 3.63) is 12.8 Å². The van der Waals surface area contributed by atoms with Crippen LogP contribution in [-0.4, -0.2) is 5.84 Å². The molecule has 0 amide bonds. The summed E-state index contributed by atoms with van der Waals surface area (Å²) in [5.74, 6) is 1.38. The number of amidine groups is 1. The van der Waals surface area contributed by atoms with Gasteiger partial charge in [0, 0.05) is 12.6 Å². The zero-order valence-corrected chi connectivity index (χ0v) is 6.80. The van der Waals surface area contributed by atoms with Gasteiger partial charge in [-0.3, -0.25) is 0 Å². The second-order valence-corrected chi connectivity index (χ2v) is 2.74. The van der Waals surface area contributed by atoms with E-state index >= 15 is 0 Å². The van der Waals surface area contributed by atoms with Crippen LogP contribution in [0.1, 0.15) is 26.7 Å². The van der Waals surface area contributed by atoms with E-state index in [4.69, 9.17) is 5.73 Å². The van der Waals surface area contributed by atoms with Crippen LogP contribution in [-0.2, 0) is 0 Å². The Balaban J connectivity index is 3.48. The zero-order valence-electron chi connectivity index (χ0n) is 6.80. The SMILES string of the molecule is C=CN=C(N)CCC(C)C. The fourth-order valence-corrected chi connectivity index (χ4v) is 0.618. The Labute approximate surface area is 62.8 Å². The van der Waals surface area contributed by atoms with E-state index in [9.17, 15) is 0 Å². The number of hydrogen-bond donors (Lipinski definition) is 1. The van der Waals surface area contributed by atoms with E-state index in [-0.39, 0.29) is 0 Å². The van der Waals surface area contributed by atoms with Gasteiger partial charge < -0.3 is 5.73 Å². The van der Waals surface area contributed by atoms with Gasteiger partial charge in [0.05, 0.1) is 5.84 Å². The maximum Gasteiger partial charge on any atom is 0.0988 e.